The molecule has 1 heterocycles. The SMILES string of the molecule is CCOc1ccc2cc(OC)ccc2n1. The Kier molecular flexibility index (Phi) is 2.72. The third-order valence-electron chi connectivity index (χ3n) is 2.16. The minimum atomic E-state index is 0.634. The lowest BCUT2D eigenvalue weighted by atomic mass is 10.2. The monoisotopic (exact) mass is 203 g/mol. The van der Waals surface area contributed by atoms with Gasteiger partial charge in [0.2, 0.25) is 5.88 Å². The summed E-state index contributed by atoms with van der Waals surface area (Å²) in [6, 6.07) is 9.63. The standard InChI is InChI=1S/C12H13NO2/c1-3-15-12-7-4-9-8-10(14-2)5-6-11(9)13-12/h4-8H,3H2,1-2H3. The van der Waals surface area contributed by atoms with Crippen LogP contribution in [0.3, 0.4) is 0 Å². The Hall–Kier alpha value is -1.77. The molecule has 0 N–H and O–H groups in total. The molecule has 2 rings (SSSR count). The minimum absolute atomic E-state index is 0.634. The van der Waals surface area contributed by atoms with E-state index in [1.807, 2.05) is 37.3 Å². The average molecular weight is 203 g/mol. The zero-order valence-corrected chi connectivity index (χ0v) is 8.86. The molecule has 0 aliphatic heterocycles. The van der Waals surface area contributed by atoms with Crippen molar-refractivity contribution in [1.29, 1.82) is 0 Å². The normalized spacial score (nSPS) is 10.3. The first kappa shape index (κ1) is 9.77. The Morgan fingerprint density at radius 2 is 2.07 bits per heavy atom. The number of benzene rings is 1. The Bertz CT molecular complexity index is 468. The molecule has 1 aromatic carbocycles. The van der Waals surface area contributed by atoms with Gasteiger partial charge in [0.05, 0.1) is 19.2 Å². The van der Waals surface area contributed by atoms with Crippen LogP contribution in [-0.2, 0) is 0 Å². The smallest absolute Gasteiger partial charge is 0.213 e. The lowest BCUT2D eigenvalue weighted by molar-refractivity contribution is 0.328. The van der Waals surface area contributed by atoms with Crippen LogP contribution >= 0.6 is 0 Å². The number of ether oxygens (including phenoxy) is 2. The highest BCUT2D eigenvalue weighted by Crippen LogP contribution is 2.21. The molecular weight excluding hydrogens is 190 g/mol. The van der Waals surface area contributed by atoms with Gasteiger partial charge in [-0.2, -0.15) is 0 Å². The van der Waals surface area contributed by atoms with E-state index in [1.165, 1.54) is 0 Å². The fraction of sp³-hybridized carbons (Fsp3) is 0.250. The van der Waals surface area contributed by atoms with E-state index < -0.39 is 0 Å². The van der Waals surface area contributed by atoms with Crippen molar-refractivity contribution in [2.45, 2.75) is 6.92 Å². The Labute approximate surface area is 88.7 Å². The molecule has 2 aromatic rings. The van der Waals surface area contributed by atoms with Crippen LogP contribution in [0.4, 0.5) is 0 Å². The van der Waals surface area contributed by atoms with Crippen molar-refractivity contribution < 1.29 is 9.47 Å². The van der Waals surface area contributed by atoms with Crippen molar-refractivity contribution >= 4 is 10.9 Å². The van der Waals surface area contributed by atoms with Crippen molar-refractivity contribution in [3.05, 3.63) is 30.3 Å². The Balaban J connectivity index is 2.45. The van der Waals surface area contributed by atoms with E-state index >= 15 is 0 Å². The lowest BCUT2D eigenvalue weighted by Gasteiger charge is -2.04. The van der Waals surface area contributed by atoms with Gasteiger partial charge >= 0.3 is 0 Å². The van der Waals surface area contributed by atoms with Gasteiger partial charge in [-0.25, -0.2) is 4.98 Å². The van der Waals surface area contributed by atoms with Crippen LogP contribution in [0.1, 0.15) is 6.92 Å². The summed E-state index contributed by atoms with van der Waals surface area (Å²) in [5.41, 5.74) is 0.918. The molecule has 0 saturated carbocycles. The molecule has 0 aliphatic carbocycles. The van der Waals surface area contributed by atoms with Crippen LogP contribution in [0.15, 0.2) is 30.3 Å². The van der Waals surface area contributed by atoms with Crippen LogP contribution < -0.4 is 9.47 Å². The molecule has 0 aliphatic rings. The topological polar surface area (TPSA) is 31.4 Å². The zero-order valence-electron chi connectivity index (χ0n) is 8.86. The molecule has 15 heavy (non-hydrogen) atoms. The van der Waals surface area contributed by atoms with Gasteiger partial charge in [0, 0.05) is 11.5 Å². The average Bonchev–Trinajstić information content (AvgIpc) is 2.29. The third kappa shape index (κ3) is 2.01. The van der Waals surface area contributed by atoms with E-state index in [0.717, 1.165) is 16.7 Å². The quantitative estimate of drug-likeness (QED) is 0.768. The molecule has 1 aromatic heterocycles. The van der Waals surface area contributed by atoms with E-state index in [0.29, 0.717) is 12.5 Å². The molecule has 0 fully saturated rings. The van der Waals surface area contributed by atoms with Crippen LogP contribution in [0.2, 0.25) is 0 Å². The maximum atomic E-state index is 5.33. The van der Waals surface area contributed by atoms with E-state index in [-0.39, 0.29) is 0 Å². The highest BCUT2D eigenvalue weighted by atomic mass is 16.5. The maximum Gasteiger partial charge on any atom is 0.213 e. The van der Waals surface area contributed by atoms with Gasteiger partial charge in [0.25, 0.3) is 0 Å². The molecule has 0 spiro atoms. The van der Waals surface area contributed by atoms with Crippen molar-refractivity contribution in [1.82, 2.24) is 4.98 Å². The van der Waals surface area contributed by atoms with E-state index in [2.05, 4.69) is 4.98 Å². The number of rotatable bonds is 3. The number of nitrogens with zero attached hydrogens (tertiary/aromatic N) is 1. The predicted molar refractivity (Wildman–Crippen MR) is 59.5 cm³/mol. The van der Waals surface area contributed by atoms with Gasteiger partial charge in [0.1, 0.15) is 5.75 Å². The highest BCUT2D eigenvalue weighted by Gasteiger charge is 1.99. The largest absolute Gasteiger partial charge is 0.497 e. The van der Waals surface area contributed by atoms with Crippen LogP contribution in [0.25, 0.3) is 10.9 Å². The van der Waals surface area contributed by atoms with Crippen LogP contribution in [0, 0.1) is 0 Å². The van der Waals surface area contributed by atoms with Crippen LogP contribution in [-0.4, -0.2) is 18.7 Å². The van der Waals surface area contributed by atoms with E-state index in [4.69, 9.17) is 9.47 Å². The lowest BCUT2D eigenvalue weighted by Crippen LogP contribution is -1.94. The maximum absolute atomic E-state index is 5.33. The molecule has 3 heteroatoms. The first-order chi connectivity index (χ1) is 7.33. The second-order valence-corrected chi connectivity index (χ2v) is 3.14. The number of aromatic nitrogens is 1. The fourth-order valence-corrected chi connectivity index (χ4v) is 1.44. The number of fused-ring (bicyclic) bond motifs is 1. The highest BCUT2D eigenvalue weighted by molar-refractivity contribution is 5.80. The first-order valence-electron chi connectivity index (χ1n) is 4.91. The summed E-state index contributed by atoms with van der Waals surface area (Å²) in [6.07, 6.45) is 0. The Morgan fingerprint density at radius 1 is 1.20 bits per heavy atom. The summed E-state index contributed by atoms with van der Waals surface area (Å²) in [5.74, 6) is 1.50. The fourth-order valence-electron chi connectivity index (χ4n) is 1.44. The van der Waals surface area contributed by atoms with Crippen molar-refractivity contribution in [2.75, 3.05) is 13.7 Å². The van der Waals surface area contributed by atoms with Crippen LogP contribution in [0.5, 0.6) is 11.6 Å². The van der Waals surface area contributed by atoms with E-state index in [1.54, 1.807) is 7.11 Å². The minimum Gasteiger partial charge on any atom is -0.497 e. The molecule has 0 bridgehead atoms. The number of hydrogen-bond acceptors (Lipinski definition) is 3. The van der Waals surface area contributed by atoms with Gasteiger partial charge in [-0.3, -0.25) is 0 Å². The summed E-state index contributed by atoms with van der Waals surface area (Å²) >= 11 is 0. The van der Waals surface area contributed by atoms with E-state index in [9.17, 15) is 0 Å². The molecule has 0 saturated heterocycles. The van der Waals surface area contributed by atoms with Crippen molar-refractivity contribution in [2.24, 2.45) is 0 Å². The molecule has 3 nitrogen and oxygen atoms in total. The summed E-state index contributed by atoms with van der Waals surface area (Å²) in [4.78, 5) is 4.36. The van der Waals surface area contributed by atoms with Gasteiger partial charge in [-0.1, -0.05) is 0 Å². The second-order valence-electron chi connectivity index (χ2n) is 3.14. The summed E-state index contributed by atoms with van der Waals surface area (Å²) < 4.78 is 10.5. The van der Waals surface area contributed by atoms with Gasteiger partial charge in [0.15, 0.2) is 0 Å². The van der Waals surface area contributed by atoms with Crippen molar-refractivity contribution in [3.63, 3.8) is 0 Å². The summed E-state index contributed by atoms with van der Waals surface area (Å²) in [5, 5.41) is 1.05. The third-order valence-corrected chi connectivity index (χ3v) is 2.16. The first-order valence-corrected chi connectivity index (χ1v) is 4.91. The zero-order chi connectivity index (χ0) is 10.7. The van der Waals surface area contributed by atoms with Gasteiger partial charge in [-0.15, -0.1) is 0 Å². The molecule has 0 atom stereocenters. The molecular formula is C12H13NO2. The number of hydrogen-bond donors (Lipinski definition) is 0. The summed E-state index contributed by atoms with van der Waals surface area (Å²) in [7, 11) is 1.66. The van der Waals surface area contributed by atoms with Gasteiger partial charge in [-0.05, 0) is 31.2 Å². The predicted octanol–water partition coefficient (Wildman–Crippen LogP) is 2.64. The molecule has 0 radical (unpaired) electrons. The molecule has 0 unspecified atom stereocenters. The number of pyridine rings is 1. The number of methoxy groups -OCH3 is 1. The second kappa shape index (κ2) is 4.17. The Morgan fingerprint density at radius 3 is 2.80 bits per heavy atom. The summed E-state index contributed by atoms with van der Waals surface area (Å²) in [6.45, 7) is 2.58. The molecule has 78 valence electrons. The van der Waals surface area contributed by atoms with Gasteiger partial charge < -0.3 is 9.47 Å². The molecule has 0 amide bonds. The van der Waals surface area contributed by atoms with Crippen molar-refractivity contribution in [3.8, 4) is 11.6 Å².